The predicted molar refractivity (Wildman–Crippen MR) is 123 cm³/mol. The van der Waals surface area contributed by atoms with Crippen LogP contribution < -0.4 is 9.64 Å². The molecule has 2 heterocycles. The number of thioether (sulfide) groups is 1. The number of nitrogens with zero attached hydrogens (tertiary/aromatic N) is 3. The smallest absolute Gasteiger partial charge is 0.229 e. The van der Waals surface area contributed by atoms with Crippen LogP contribution in [0.15, 0.2) is 65.8 Å². The van der Waals surface area contributed by atoms with Crippen molar-refractivity contribution in [2.75, 3.05) is 17.8 Å². The molecule has 4 rings (SSSR count). The number of hydrogen-bond acceptors (Lipinski definition) is 6. The van der Waals surface area contributed by atoms with Gasteiger partial charge in [0.05, 0.1) is 18.4 Å². The lowest BCUT2D eigenvalue weighted by atomic mass is 10.2. The molecule has 4 aromatic rings. The van der Waals surface area contributed by atoms with Crippen LogP contribution >= 0.6 is 23.1 Å². The van der Waals surface area contributed by atoms with Gasteiger partial charge in [0.25, 0.3) is 0 Å². The predicted octanol–water partition coefficient (Wildman–Crippen LogP) is 5.69. The summed E-state index contributed by atoms with van der Waals surface area (Å²) in [5.74, 6) is -0.247. The van der Waals surface area contributed by atoms with Gasteiger partial charge in [0.15, 0.2) is 10.9 Å². The first-order valence-corrected chi connectivity index (χ1v) is 11.6. The average Bonchev–Trinajstić information content (AvgIpc) is 3.22. The number of aromatic nitrogens is 2. The fourth-order valence-corrected chi connectivity index (χ4v) is 4.92. The fraction of sp³-hybridized carbons (Fsp3) is 0.174. The molecule has 0 saturated carbocycles. The van der Waals surface area contributed by atoms with Crippen molar-refractivity contribution >= 4 is 44.4 Å². The van der Waals surface area contributed by atoms with Crippen molar-refractivity contribution in [3.63, 3.8) is 0 Å². The maximum Gasteiger partial charge on any atom is 0.229 e. The first-order chi connectivity index (χ1) is 15.5. The second-order valence-electron chi connectivity index (χ2n) is 6.85. The van der Waals surface area contributed by atoms with Gasteiger partial charge >= 0.3 is 0 Å². The third-order valence-corrected chi connectivity index (χ3v) is 6.68. The minimum Gasteiger partial charge on any atom is -0.497 e. The molecular formula is C23H19F2N3O2S2. The van der Waals surface area contributed by atoms with Gasteiger partial charge < -0.3 is 4.74 Å². The zero-order valence-corrected chi connectivity index (χ0v) is 18.8. The molecule has 0 N–H and O–H groups in total. The van der Waals surface area contributed by atoms with Gasteiger partial charge in [-0.15, -0.1) is 11.8 Å². The van der Waals surface area contributed by atoms with E-state index >= 15 is 0 Å². The Kier molecular flexibility index (Phi) is 6.96. The van der Waals surface area contributed by atoms with Crippen molar-refractivity contribution in [3.05, 3.63) is 78.1 Å². The van der Waals surface area contributed by atoms with E-state index in [0.717, 1.165) is 33.6 Å². The molecule has 0 aliphatic rings. The molecule has 0 radical (unpaired) electrons. The number of amides is 1. The summed E-state index contributed by atoms with van der Waals surface area (Å²) >= 11 is 2.64. The Morgan fingerprint density at radius 3 is 2.72 bits per heavy atom. The highest BCUT2D eigenvalue weighted by molar-refractivity contribution is 7.99. The van der Waals surface area contributed by atoms with Crippen molar-refractivity contribution in [1.29, 1.82) is 0 Å². The molecule has 32 heavy (non-hydrogen) atoms. The molecule has 0 saturated heterocycles. The second kappa shape index (κ2) is 10.1. The van der Waals surface area contributed by atoms with E-state index in [1.165, 1.54) is 11.0 Å². The van der Waals surface area contributed by atoms with Crippen molar-refractivity contribution in [3.8, 4) is 5.75 Å². The number of methoxy groups -OCH3 is 1. The van der Waals surface area contributed by atoms with E-state index in [4.69, 9.17) is 4.74 Å². The summed E-state index contributed by atoms with van der Waals surface area (Å²) in [4.78, 5) is 24.1. The molecule has 0 aliphatic carbocycles. The van der Waals surface area contributed by atoms with E-state index < -0.39 is 11.6 Å². The number of fused-ring (bicyclic) bond motifs is 1. The summed E-state index contributed by atoms with van der Waals surface area (Å²) in [7, 11) is 1.61. The Morgan fingerprint density at radius 2 is 2.00 bits per heavy atom. The van der Waals surface area contributed by atoms with Gasteiger partial charge in [0, 0.05) is 35.5 Å². The summed E-state index contributed by atoms with van der Waals surface area (Å²) in [6, 6.07) is 13.3. The zero-order valence-electron chi connectivity index (χ0n) is 17.1. The minimum absolute atomic E-state index is 0.0583. The van der Waals surface area contributed by atoms with Gasteiger partial charge in [-0.1, -0.05) is 17.4 Å². The van der Waals surface area contributed by atoms with Gasteiger partial charge in [0.2, 0.25) is 5.91 Å². The number of benzene rings is 2. The van der Waals surface area contributed by atoms with Crippen LogP contribution in [0.25, 0.3) is 10.2 Å². The number of hydrogen-bond donors (Lipinski definition) is 0. The van der Waals surface area contributed by atoms with E-state index in [0.29, 0.717) is 15.6 Å². The lowest BCUT2D eigenvalue weighted by Gasteiger charge is -2.20. The molecule has 0 bridgehead atoms. The molecule has 9 heteroatoms. The normalized spacial score (nSPS) is 11.0. The lowest BCUT2D eigenvalue weighted by molar-refractivity contribution is -0.118. The maximum atomic E-state index is 14.2. The van der Waals surface area contributed by atoms with Crippen LogP contribution in [0.4, 0.5) is 13.9 Å². The number of carbonyl (C=O) groups is 1. The minimum atomic E-state index is -0.744. The van der Waals surface area contributed by atoms with Gasteiger partial charge in [-0.2, -0.15) is 0 Å². The standard InChI is InChI=1S/C23H19F2N3O2S2/c1-30-17-4-6-18(7-5-17)31-10-8-21(29)28(14-15-3-2-9-26-13-15)23-27-22-19(25)11-16(24)12-20(22)32-23/h2-7,9,11-13H,8,10,14H2,1H3. The largest absolute Gasteiger partial charge is 0.497 e. The molecule has 0 unspecified atom stereocenters. The Labute approximate surface area is 192 Å². The summed E-state index contributed by atoms with van der Waals surface area (Å²) in [6.07, 6.45) is 3.57. The van der Waals surface area contributed by atoms with Crippen molar-refractivity contribution < 1.29 is 18.3 Å². The van der Waals surface area contributed by atoms with E-state index in [-0.39, 0.29) is 24.4 Å². The van der Waals surface area contributed by atoms with Crippen LogP contribution in [0, 0.1) is 11.6 Å². The number of carbonyl (C=O) groups excluding carboxylic acids is 1. The molecule has 0 atom stereocenters. The molecule has 0 spiro atoms. The molecular weight excluding hydrogens is 452 g/mol. The van der Waals surface area contributed by atoms with Gasteiger partial charge in [-0.05, 0) is 42.0 Å². The summed E-state index contributed by atoms with van der Waals surface area (Å²) in [5, 5.41) is 0.327. The topological polar surface area (TPSA) is 55.3 Å². The summed E-state index contributed by atoms with van der Waals surface area (Å²) < 4.78 is 33.3. The molecule has 0 fully saturated rings. The van der Waals surface area contributed by atoms with Crippen LogP contribution in [0.1, 0.15) is 12.0 Å². The third-order valence-electron chi connectivity index (χ3n) is 4.64. The highest BCUT2D eigenvalue weighted by Gasteiger charge is 2.21. The van der Waals surface area contributed by atoms with Crippen LogP contribution in [0.3, 0.4) is 0 Å². The molecule has 1 amide bonds. The monoisotopic (exact) mass is 471 g/mol. The number of thiazole rings is 1. The summed E-state index contributed by atoms with van der Waals surface area (Å²) in [5.41, 5.74) is 0.873. The molecule has 2 aromatic heterocycles. The SMILES string of the molecule is COc1ccc(SCCC(=O)N(Cc2cccnc2)c2nc3c(F)cc(F)cc3s2)cc1. The third kappa shape index (κ3) is 5.23. The highest BCUT2D eigenvalue weighted by Crippen LogP contribution is 2.32. The van der Waals surface area contributed by atoms with Crippen molar-refractivity contribution in [2.45, 2.75) is 17.9 Å². The Balaban J connectivity index is 1.53. The van der Waals surface area contributed by atoms with Crippen molar-refractivity contribution in [2.24, 2.45) is 0 Å². The first-order valence-electron chi connectivity index (χ1n) is 9.75. The van der Waals surface area contributed by atoms with E-state index in [1.54, 1.807) is 37.3 Å². The maximum absolute atomic E-state index is 14.2. The Hall–Kier alpha value is -3.04. The van der Waals surface area contributed by atoms with E-state index in [1.807, 2.05) is 30.3 Å². The molecule has 0 aliphatic heterocycles. The second-order valence-corrected chi connectivity index (χ2v) is 9.02. The Morgan fingerprint density at radius 1 is 1.19 bits per heavy atom. The number of rotatable bonds is 8. The summed E-state index contributed by atoms with van der Waals surface area (Å²) in [6.45, 7) is 0.240. The van der Waals surface area contributed by atoms with Crippen LogP contribution in [-0.4, -0.2) is 28.7 Å². The van der Waals surface area contributed by atoms with Gasteiger partial charge in [0.1, 0.15) is 17.1 Å². The van der Waals surface area contributed by atoms with E-state index in [2.05, 4.69) is 9.97 Å². The number of ether oxygens (including phenoxy) is 1. The zero-order chi connectivity index (χ0) is 22.5. The highest BCUT2D eigenvalue weighted by atomic mass is 32.2. The Bertz CT molecular complexity index is 1220. The lowest BCUT2D eigenvalue weighted by Crippen LogP contribution is -2.30. The van der Waals surface area contributed by atoms with Crippen molar-refractivity contribution in [1.82, 2.24) is 9.97 Å². The molecule has 164 valence electrons. The molecule has 5 nitrogen and oxygen atoms in total. The van der Waals surface area contributed by atoms with Crippen LogP contribution in [0.2, 0.25) is 0 Å². The quantitative estimate of drug-likeness (QED) is 0.309. The molecule has 2 aromatic carbocycles. The number of pyridine rings is 1. The van der Waals surface area contributed by atoms with E-state index in [9.17, 15) is 13.6 Å². The first kappa shape index (κ1) is 22.2. The fourth-order valence-electron chi connectivity index (χ4n) is 3.06. The van der Waals surface area contributed by atoms with Crippen LogP contribution in [0.5, 0.6) is 5.75 Å². The average molecular weight is 472 g/mol. The van der Waals surface area contributed by atoms with Gasteiger partial charge in [-0.3, -0.25) is 14.7 Å². The number of anilines is 1. The van der Waals surface area contributed by atoms with Crippen LogP contribution in [-0.2, 0) is 11.3 Å². The van der Waals surface area contributed by atoms with Gasteiger partial charge in [-0.25, -0.2) is 13.8 Å². The number of halogens is 2.